The van der Waals surface area contributed by atoms with Crippen LogP contribution in [-0.2, 0) is 12.8 Å². The van der Waals surface area contributed by atoms with Crippen molar-refractivity contribution in [2.45, 2.75) is 39.2 Å². The zero-order valence-electron chi connectivity index (χ0n) is 9.47. The minimum atomic E-state index is -0.302. The molecule has 0 fully saturated rings. The molecular formula is C12H18BrNO. The Kier molecular flexibility index (Phi) is 3.79. The van der Waals surface area contributed by atoms with Crippen molar-refractivity contribution in [3.05, 3.63) is 27.7 Å². The van der Waals surface area contributed by atoms with Crippen LogP contribution in [0, 0.1) is 0 Å². The number of phenolic OH excluding ortho intramolecular Hbond substituents is 1. The molecule has 0 aliphatic heterocycles. The Bertz CT molecular complexity index is 355. The Labute approximate surface area is 99.6 Å². The van der Waals surface area contributed by atoms with Crippen molar-refractivity contribution < 1.29 is 5.11 Å². The number of rotatable bonds is 3. The summed E-state index contributed by atoms with van der Waals surface area (Å²) < 4.78 is 0.997. The SMILES string of the molecule is CCc1cc(Br)cc(CC(C)(C)N)c1O. The van der Waals surface area contributed by atoms with Crippen LogP contribution in [0.3, 0.4) is 0 Å². The van der Waals surface area contributed by atoms with Gasteiger partial charge < -0.3 is 10.8 Å². The van der Waals surface area contributed by atoms with Crippen LogP contribution < -0.4 is 5.73 Å². The molecule has 0 unspecified atom stereocenters. The molecule has 84 valence electrons. The van der Waals surface area contributed by atoms with Crippen LogP contribution >= 0.6 is 15.9 Å². The first-order chi connectivity index (χ1) is 6.83. The summed E-state index contributed by atoms with van der Waals surface area (Å²) in [6, 6.07) is 3.88. The summed E-state index contributed by atoms with van der Waals surface area (Å²) in [4.78, 5) is 0. The number of hydrogen-bond donors (Lipinski definition) is 2. The Balaban J connectivity index is 3.12. The molecule has 0 aliphatic carbocycles. The molecule has 0 aliphatic rings. The summed E-state index contributed by atoms with van der Waals surface area (Å²) >= 11 is 3.44. The van der Waals surface area contributed by atoms with Crippen LogP contribution in [0.25, 0.3) is 0 Å². The van der Waals surface area contributed by atoms with E-state index < -0.39 is 0 Å². The van der Waals surface area contributed by atoms with Crippen LogP contribution in [0.4, 0.5) is 0 Å². The standard InChI is InChI=1S/C12H18BrNO/c1-4-8-5-10(13)6-9(11(8)15)7-12(2,3)14/h5-6,15H,4,7,14H2,1-3H3. The van der Waals surface area contributed by atoms with Crippen molar-refractivity contribution in [1.29, 1.82) is 0 Å². The zero-order chi connectivity index (χ0) is 11.6. The minimum Gasteiger partial charge on any atom is -0.507 e. The van der Waals surface area contributed by atoms with Gasteiger partial charge in [-0.3, -0.25) is 0 Å². The van der Waals surface area contributed by atoms with Gasteiger partial charge in [-0.2, -0.15) is 0 Å². The number of aromatic hydroxyl groups is 1. The lowest BCUT2D eigenvalue weighted by molar-refractivity contribution is 0.444. The second-order valence-electron chi connectivity index (χ2n) is 4.59. The fourth-order valence-electron chi connectivity index (χ4n) is 1.61. The van der Waals surface area contributed by atoms with Gasteiger partial charge in [0.15, 0.2) is 0 Å². The third-order valence-electron chi connectivity index (χ3n) is 2.26. The molecule has 1 aromatic rings. The van der Waals surface area contributed by atoms with E-state index in [0.29, 0.717) is 12.2 Å². The predicted molar refractivity (Wildman–Crippen MR) is 67.2 cm³/mol. The van der Waals surface area contributed by atoms with E-state index in [1.165, 1.54) is 0 Å². The normalized spacial score (nSPS) is 11.8. The summed E-state index contributed by atoms with van der Waals surface area (Å²) in [6.07, 6.45) is 1.49. The van der Waals surface area contributed by atoms with E-state index in [4.69, 9.17) is 5.73 Å². The Hall–Kier alpha value is -0.540. The molecule has 0 saturated carbocycles. The van der Waals surface area contributed by atoms with E-state index in [1.807, 2.05) is 32.9 Å². The van der Waals surface area contributed by atoms with E-state index in [-0.39, 0.29) is 5.54 Å². The van der Waals surface area contributed by atoms with E-state index >= 15 is 0 Å². The number of benzene rings is 1. The fourth-order valence-corrected chi connectivity index (χ4v) is 2.17. The molecule has 0 atom stereocenters. The lowest BCUT2D eigenvalue weighted by atomic mass is 9.94. The van der Waals surface area contributed by atoms with Crippen molar-refractivity contribution in [2.24, 2.45) is 5.73 Å². The molecule has 0 spiro atoms. The van der Waals surface area contributed by atoms with Gasteiger partial charge in [-0.15, -0.1) is 0 Å². The lowest BCUT2D eigenvalue weighted by Crippen LogP contribution is -2.34. The van der Waals surface area contributed by atoms with Gasteiger partial charge in [0.2, 0.25) is 0 Å². The highest BCUT2D eigenvalue weighted by molar-refractivity contribution is 9.10. The van der Waals surface area contributed by atoms with Gasteiger partial charge in [0.1, 0.15) is 5.75 Å². The van der Waals surface area contributed by atoms with Crippen molar-refractivity contribution in [3.8, 4) is 5.75 Å². The van der Waals surface area contributed by atoms with Crippen molar-refractivity contribution >= 4 is 15.9 Å². The lowest BCUT2D eigenvalue weighted by Gasteiger charge is -2.20. The Morgan fingerprint density at radius 3 is 2.33 bits per heavy atom. The zero-order valence-corrected chi connectivity index (χ0v) is 11.1. The molecule has 3 heteroatoms. The first-order valence-corrected chi connectivity index (χ1v) is 5.92. The van der Waals surface area contributed by atoms with Gasteiger partial charge >= 0.3 is 0 Å². The number of aryl methyl sites for hydroxylation is 1. The van der Waals surface area contributed by atoms with Gasteiger partial charge in [0, 0.05) is 10.0 Å². The van der Waals surface area contributed by atoms with E-state index in [9.17, 15) is 5.11 Å². The van der Waals surface area contributed by atoms with Gasteiger partial charge in [-0.05, 0) is 49.9 Å². The van der Waals surface area contributed by atoms with Crippen LogP contribution in [0.15, 0.2) is 16.6 Å². The molecular weight excluding hydrogens is 254 g/mol. The van der Waals surface area contributed by atoms with E-state index in [1.54, 1.807) is 0 Å². The maximum atomic E-state index is 10.0. The average molecular weight is 272 g/mol. The largest absolute Gasteiger partial charge is 0.507 e. The second-order valence-corrected chi connectivity index (χ2v) is 5.51. The topological polar surface area (TPSA) is 46.2 Å². The first kappa shape index (κ1) is 12.5. The molecule has 15 heavy (non-hydrogen) atoms. The van der Waals surface area contributed by atoms with Gasteiger partial charge in [-0.1, -0.05) is 22.9 Å². The van der Waals surface area contributed by atoms with Crippen LogP contribution in [0.2, 0.25) is 0 Å². The van der Waals surface area contributed by atoms with E-state index in [0.717, 1.165) is 22.0 Å². The maximum absolute atomic E-state index is 10.0. The fraction of sp³-hybridized carbons (Fsp3) is 0.500. The number of hydrogen-bond acceptors (Lipinski definition) is 2. The van der Waals surface area contributed by atoms with Gasteiger partial charge in [-0.25, -0.2) is 0 Å². The summed E-state index contributed by atoms with van der Waals surface area (Å²) in [7, 11) is 0. The molecule has 0 amide bonds. The highest BCUT2D eigenvalue weighted by Crippen LogP contribution is 2.29. The highest BCUT2D eigenvalue weighted by atomic mass is 79.9. The Morgan fingerprint density at radius 2 is 1.87 bits per heavy atom. The summed E-state index contributed by atoms with van der Waals surface area (Å²) in [6.45, 7) is 5.94. The molecule has 1 aromatic carbocycles. The van der Waals surface area contributed by atoms with E-state index in [2.05, 4.69) is 15.9 Å². The monoisotopic (exact) mass is 271 g/mol. The quantitative estimate of drug-likeness (QED) is 0.888. The maximum Gasteiger partial charge on any atom is 0.122 e. The molecule has 0 saturated heterocycles. The molecule has 0 radical (unpaired) electrons. The smallest absolute Gasteiger partial charge is 0.122 e. The minimum absolute atomic E-state index is 0.302. The predicted octanol–water partition coefficient (Wildman–Crippen LogP) is 3.00. The van der Waals surface area contributed by atoms with Crippen molar-refractivity contribution in [3.63, 3.8) is 0 Å². The number of nitrogens with two attached hydrogens (primary N) is 1. The third kappa shape index (κ3) is 3.50. The summed E-state index contributed by atoms with van der Waals surface area (Å²) in [5.74, 6) is 0.388. The average Bonchev–Trinajstić information content (AvgIpc) is 2.08. The molecule has 0 heterocycles. The van der Waals surface area contributed by atoms with Gasteiger partial charge in [0.05, 0.1) is 0 Å². The molecule has 0 bridgehead atoms. The molecule has 0 aromatic heterocycles. The third-order valence-corrected chi connectivity index (χ3v) is 2.72. The van der Waals surface area contributed by atoms with Crippen LogP contribution in [0.5, 0.6) is 5.75 Å². The van der Waals surface area contributed by atoms with Crippen molar-refractivity contribution in [1.82, 2.24) is 0 Å². The molecule has 3 N–H and O–H groups in total. The first-order valence-electron chi connectivity index (χ1n) is 5.12. The molecule has 2 nitrogen and oxygen atoms in total. The Morgan fingerprint density at radius 1 is 1.33 bits per heavy atom. The number of halogens is 1. The van der Waals surface area contributed by atoms with Crippen LogP contribution in [-0.4, -0.2) is 10.6 Å². The second kappa shape index (κ2) is 4.54. The highest BCUT2D eigenvalue weighted by Gasteiger charge is 2.16. The van der Waals surface area contributed by atoms with Gasteiger partial charge in [0.25, 0.3) is 0 Å². The van der Waals surface area contributed by atoms with Crippen LogP contribution in [0.1, 0.15) is 31.9 Å². The summed E-state index contributed by atoms with van der Waals surface area (Å²) in [5, 5.41) is 10.0. The number of phenols is 1. The molecule has 1 rings (SSSR count). The van der Waals surface area contributed by atoms with Crippen molar-refractivity contribution in [2.75, 3.05) is 0 Å². The summed E-state index contributed by atoms with van der Waals surface area (Å²) in [5.41, 5.74) is 7.52.